The Hall–Kier alpha value is -0.590. The standard InChI is InChI=1S/C11H16O6.Ca.2H/c1-8(2)11(15)17-7-6-16-10(14)5-3-4-9(12)13;;;/h1,3-7H2,2H3,(H,12,13);;;. The molecule has 6 nitrogen and oxygen atoms in total. The van der Waals surface area contributed by atoms with Crippen molar-refractivity contribution >= 4 is 55.6 Å². The number of carbonyl (C=O) groups is 3. The van der Waals surface area contributed by atoms with Crippen molar-refractivity contribution in [2.24, 2.45) is 0 Å². The van der Waals surface area contributed by atoms with Crippen molar-refractivity contribution in [2.75, 3.05) is 13.2 Å². The first-order chi connectivity index (χ1) is 7.93. The summed E-state index contributed by atoms with van der Waals surface area (Å²) in [6.45, 7) is 4.83. The Bertz CT molecular complexity index is 313. The Balaban J connectivity index is 0. The van der Waals surface area contributed by atoms with Gasteiger partial charge in [-0.25, -0.2) is 4.79 Å². The summed E-state index contributed by atoms with van der Waals surface area (Å²) < 4.78 is 9.40. The molecular formula is C11H18CaO6. The molecule has 0 aliphatic carbocycles. The van der Waals surface area contributed by atoms with E-state index in [0.29, 0.717) is 0 Å². The van der Waals surface area contributed by atoms with Gasteiger partial charge in [0.05, 0.1) is 0 Å². The first-order valence-corrected chi connectivity index (χ1v) is 5.13. The van der Waals surface area contributed by atoms with Crippen LogP contribution >= 0.6 is 0 Å². The molecule has 0 aromatic heterocycles. The number of esters is 2. The van der Waals surface area contributed by atoms with Gasteiger partial charge in [-0.15, -0.1) is 0 Å². The van der Waals surface area contributed by atoms with Crippen LogP contribution in [0.15, 0.2) is 12.2 Å². The second-order valence-corrected chi connectivity index (χ2v) is 3.38. The van der Waals surface area contributed by atoms with Crippen LogP contribution in [0.1, 0.15) is 26.2 Å². The van der Waals surface area contributed by atoms with Gasteiger partial charge in [-0.3, -0.25) is 9.59 Å². The number of hydrogen-bond acceptors (Lipinski definition) is 5. The summed E-state index contributed by atoms with van der Waals surface area (Å²) in [6, 6.07) is 0. The van der Waals surface area contributed by atoms with E-state index in [2.05, 4.69) is 11.3 Å². The SMILES string of the molecule is C=C(C)C(=O)OCCOC(=O)CCCC(=O)O.[CaH2]. The average molecular weight is 286 g/mol. The molecule has 7 heteroatoms. The van der Waals surface area contributed by atoms with Crippen LogP contribution in [0.5, 0.6) is 0 Å². The Morgan fingerprint density at radius 1 is 1.11 bits per heavy atom. The van der Waals surface area contributed by atoms with Crippen LogP contribution in [-0.4, -0.2) is 74.0 Å². The summed E-state index contributed by atoms with van der Waals surface area (Å²) in [6.07, 6.45) is 0.209. The molecule has 0 spiro atoms. The zero-order chi connectivity index (χ0) is 13.3. The molecule has 0 saturated heterocycles. The zero-order valence-electron chi connectivity index (χ0n) is 9.73. The molecule has 0 amide bonds. The molecule has 1 N–H and O–H groups in total. The van der Waals surface area contributed by atoms with Crippen LogP contribution < -0.4 is 0 Å². The van der Waals surface area contributed by atoms with Crippen molar-refractivity contribution < 1.29 is 29.0 Å². The Labute approximate surface area is 135 Å². The number of hydrogen-bond donors (Lipinski definition) is 1. The normalized spacial score (nSPS) is 8.94. The fourth-order valence-electron chi connectivity index (χ4n) is 0.869. The molecule has 0 aromatic carbocycles. The number of carboxylic acid groups (broad SMARTS) is 1. The van der Waals surface area contributed by atoms with Gasteiger partial charge in [-0.2, -0.15) is 0 Å². The molecular weight excluding hydrogens is 268 g/mol. The van der Waals surface area contributed by atoms with Gasteiger partial charge in [0.25, 0.3) is 0 Å². The van der Waals surface area contributed by atoms with E-state index >= 15 is 0 Å². The van der Waals surface area contributed by atoms with E-state index in [4.69, 9.17) is 9.84 Å². The summed E-state index contributed by atoms with van der Waals surface area (Å²) in [7, 11) is 0. The van der Waals surface area contributed by atoms with E-state index in [1.54, 1.807) is 0 Å². The van der Waals surface area contributed by atoms with Gasteiger partial charge >= 0.3 is 55.6 Å². The van der Waals surface area contributed by atoms with Gasteiger partial charge in [0.1, 0.15) is 13.2 Å². The van der Waals surface area contributed by atoms with Crippen molar-refractivity contribution in [3.63, 3.8) is 0 Å². The van der Waals surface area contributed by atoms with Crippen molar-refractivity contribution in [2.45, 2.75) is 26.2 Å². The molecule has 0 saturated carbocycles. The number of aliphatic carboxylic acids is 1. The summed E-state index contributed by atoms with van der Waals surface area (Å²) in [5.41, 5.74) is 0.276. The third-order valence-electron chi connectivity index (χ3n) is 1.70. The molecule has 0 unspecified atom stereocenters. The summed E-state index contributed by atoms with van der Waals surface area (Å²) >= 11 is 0. The van der Waals surface area contributed by atoms with Gasteiger partial charge in [0.2, 0.25) is 0 Å². The zero-order valence-corrected chi connectivity index (χ0v) is 9.73. The predicted molar refractivity (Wildman–Crippen MR) is 66.8 cm³/mol. The Kier molecular flexibility index (Phi) is 12.6. The van der Waals surface area contributed by atoms with Crippen molar-refractivity contribution in [3.8, 4) is 0 Å². The van der Waals surface area contributed by atoms with Crippen LogP contribution in [0, 0.1) is 0 Å². The maximum absolute atomic E-state index is 11.0. The fourth-order valence-corrected chi connectivity index (χ4v) is 0.869. The molecule has 0 radical (unpaired) electrons. The third kappa shape index (κ3) is 11.9. The first kappa shape index (κ1) is 19.7. The first-order valence-electron chi connectivity index (χ1n) is 5.13. The molecule has 18 heavy (non-hydrogen) atoms. The molecule has 0 atom stereocenters. The molecule has 0 aliphatic rings. The third-order valence-corrected chi connectivity index (χ3v) is 1.70. The van der Waals surface area contributed by atoms with E-state index in [0.717, 1.165) is 0 Å². The van der Waals surface area contributed by atoms with E-state index in [1.165, 1.54) is 6.92 Å². The van der Waals surface area contributed by atoms with Gasteiger partial charge in [-0.05, 0) is 13.3 Å². The minimum atomic E-state index is -0.951. The van der Waals surface area contributed by atoms with Crippen molar-refractivity contribution in [1.82, 2.24) is 0 Å². The number of carbonyl (C=O) groups excluding carboxylic acids is 2. The van der Waals surface area contributed by atoms with E-state index in [1.807, 2.05) is 0 Å². The molecule has 0 bridgehead atoms. The van der Waals surface area contributed by atoms with Crippen molar-refractivity contribution in [1.29, 1.82) is 0 Å². The molecule has 0 rings (SSSR count). The quantitative estimate of drug-likeness (QED) is 0.292. The number of ether oxygens (including phenoxy) is 2. The van der Waals surface area contributed by atoms with E-state index in [-0.39, 0.29) is 75.8 Å². The molecule has 0 aromatic rings. The van der Waals surface area contributed by atoms with E-state index in [9.17, 15) is 14.4 Å². The fraction of sp³-hybridized carbons (Fsp3) is 0.545. The van der Waals surface area contributed by atoms with Crippen molar-refractivity contribution in [3.05, 3.63) is 12.2 Å². The van der Waals surface area contributed by atoms with Gasteiger partial charge in [-0.1, -0.05) is 6.58 Å². The second kappa shape index (κ2) is 11.5. The van der Waals surface area contributed by atoms with Crippen LogP contribution in [0.3, 0.4) is 0 Å². The molecule has 100 valence electrons. The van der Waals surface area contributed by atoms with Gasteiger partial charge in [0.15, 0.2) is 0 Å². The number of carboxylic acids is 1. The minimum absolute atomic E-state index is 0. The van der Waals surface area contributed by atoms with Gasteiger partial charge in [0, 0.05) is 18.4 Å². The van der Waals surface area contributed by atoms with E-state index < -0.39 is 17.9 Å². The summed E-state index contributed by atoms with van der Waals surface area (Å²) in [5.74, 6) is -1.99. The Morgan fingerprint density at radius 2 is 1.67 bits per heavy atom. The number of rotatable bonds is 8. The molecule has 0 aliphatic heterocycles. The Morgan fingerprint density at radius 3 is 2.17 bits per heavy atom. The molecule has 0 fully saturated rings. The van der Waals surface area contributed by atoms with Crippen LogP contribution in [0.25, 0.3) is 0 Å². The van der Waals surface area contributed by atoms with Gasteiger partial charge < -0.3 is 14.6 Å². The predicted octanol–water partition coefficient (Wildman–Crippen LogP) is -0.0124. The topological polar surface area (TPSA) is 89.9 Å². The summed E-state index contributed by atoms with van der Waals surface area (Å²) in [4.78, 5) is 32.1. The van der Waals surface area contributed by atoms with Crippen LogP contribution in [0.4, 0.5) is 0 Å². The van der Waals surface area contributed by atoms with Crippen LogP contribution in [-0.2, 0) is 23.9 Å². The van der Waals surface area contributed by atoms with Crippen LogP contribution in [0.2, 0.25) is 0 Å². The average Bonchev–Trinajstić information content (AvgIpc) is 2.23. The maximum atomic E-state index is 11.0. The molecule has 0 heterocycles. The summed E-state index contributed by atoms with van der Waals surface area (Å²) in [5, 5.41) is 8.34. The second-order valence-electron chi connectivity index (χ2n) is 3.38. The monoisotopic (exact) mass is 286 g/mol.